The third kappa shape index (κ3) is 24.0. The minimum atomic E-state index is -4.21. The van der Waals surface area contributed by atoms with Crippen LogP contribution in [0.1, 0.15) is 148 Å². The molecule has 5 fully saturated rings. The molecule has 105 heavy (non-hydrogen) atoms. The number of carbonyl (C=O) groups excluding carboxylic acids is 5. The maximum Gasteiger partial charge on any atom is 0.475 e. The van der Waals surface area contributed by atoms with Crippen LogP contribution < -0.4 is 13.7 Å². The first kappa shape index (κ1) is 85.7. The predicted octanol–water partition coefficient (Wildman–Crippen LogP) is 8.69. The molecule has 37 heteroatoms. The molecule has 5 aromatic rings. The topological polar surface area (TPSA) is 380 Å². The van der Waals surface area contributed by atoms with Crippen molar-refractivity contribution in [3.63, 3.8) is 0 Å². The summed E-state index contributed by atoms with van der Waals surface area (Å²) in [5.74, 6) is -1.70. The molecule has 5 aliphatic rings. The van der Waals surface area contributed by atoms with Gasteiger partial charge in [0.15, 0.2) is 83.1 Å². The van der Waals surface area contributed by atoms with Crippen LogP contribution >= 0.6 is 58.6 Å². The van der Waals surface area contributed by atoms with E-state index < -0.39 is 145 Å². The number of ether oxygens (including phenoxy) is 3. The standard InChI is InChI=1S/C26H41NO10PS2.C21H24ClNO8P.C21H23F2NO8P/c1-17(28)18-9-8-10-27(15-18)22-21(30)20(29)19(37-22)16-36-38(33,34-11-13-39-23(31)25(2,3)4)35-12-14-40-24(32)26(5,6)7;1-13(24)15-5-3-8-23(11-15)21-20(26)19(25)18(30-21)12-29-32(27)28-9-7-17(31-32)14-4-2-6-16(22)10-14;1-12(25)13-3-2-5-24(10-13)21-20(27)19(26)18(31-21)11-30-33(28)29-6-4-17(32-33)14-7-15(22)9-16(23)8-14/h8-10,15,19-22,29-30H,11-14,16H2,1-7H3;2-6,8,10-11,17-21,25-26H,7,9,12H2,1H3;2-3,5,7-10,17-21,26-27H,4,6,11H2,1H3/q3*+1/t19-,20?,21+,22-;17-,18+,19?,20-,21+,32?;17-,18+,19?,20-,21+,33?/m100/s1. The lowest BCUT2D eigenvalue weighted by atomic mass is 9.99. The van der Waals surface area contributed by atoms with Gasteiger partial charge in [-0.05, 0) is 74.4 Å². The van der Waals surface area contributed by atoms with Gasteiger partial charge in [0.25, 0.3) is 18.7 Å². The molecule has 3 aromatic heterocycles. The van der Waals surface area contributed by atoms with Crippen LogP contribution in [0.25, 0.3) is 0 Å². The third-order valence-corrected chi connectivity index (χ3v) is 23.5. The Kier molecular flexibility index (Phi) is 30.7. The number of aliphatic hydroxyl groups excluding tert-OH is 6. The van der Waals surface area contributed by atoms with E-state index in [9.17, 15) is 77.1 Å². The van der Waals surface area contributed by atoms with Crippen molar-refractivity contribution in [2.24, 2.45) is 10.8 Å². The van der Waals surface area contributed by atoms with Gasteiger partial charge in [0, 0.05) is 64.5 Å². The lowest BCUT2D eigenvalue weighted by Gasteiger charge is -2.29. The summed E-state index contributed by atoms with van der Waals surface area (Å²) in [5, 5.41) is 63.2. The van der Waals surface area contributed by atoms with E-state index in [1.165, 1.54) is 53.1 Å². The van der Waals surface area contributed by atoms with Crippen molar-refractivity contribution in [3.05, 3.63) is 161 Å². The molecule has 0 radical (unpaired) electrons. The van der Waals surface area contributed by atoms with Crippen molar-refractivity contribution in [3.8, 4) is 0 Å². The zero-order valence-corrected chi connectivity index (χ0v) is 63.9. The zero-order valence-electron chi connectivity index (χ0n) is 58.8. The summed E-state index contributed by atoms with van der Waals surface area (Å²) in [6.45, 7) is 13.6. The van der Waals surface area contributed by atoms with Gasteiger partial charge in [-0.15, -0.1) is 0 Å². The van der Waals surface area contributed by atoms with Crippen LogP contribution in [0.2, 0.25) is 5.02 Å². The van der Waals surface area contributed by atoms with E-state index >= 15 is 0 Å². The summed E-state index contributed by atoms with van der Waals surface area (Å²) in [4.78, 5) is 59.3. The highest BCUT2D eigenvalue weighted by atomic mass is 35.5. The van der Waals surface area contributed by atoms with E-state index in [4.69, 9.17) is 66.5 Å². The number of hydrogen-bond donors (Lipinski definition) is 6. The van der Waals surface area contributed by atoms with Gasteiger partial charge < -0.3 is 44.8 Å². The van der Waals surface area contributed by atoms with Crippen molar-refractivity contribution >= 4 is 86.2 Å². The number of aliphatic hydroxyl groups is 6. The fourth-order valence-corrected chi connectivity index (χ4v) is 16.6. The summed E-state index contributed by atoms with van der Waals surface area (Å²) in [7, 11) is -12.3. The Morgan fingerprint density at radius 3 is 1.27 bits per heavy atom. The van der Waals surface area contributed by atoms with Gasteiger partial charge in [0.1, 0.15) is 48.3 Å². The number of carbonyl (C=O) groups is 5. The lowest BCUT2D eigenvalue weighted by Crippen LogP contribution is -2.46. The van der Waals surface area contributed by atoms with E-state index in [0.29, 0.717) is 34.2 Å². The van der Waals surface area contributed by atoms with Gasteiger partial charge in [-0.25, -0.2) is 22.5 Å². The summed E-state index contributed by atoms with van der Waals surface area (Å²) in [6, 6.07) is 19.6. The number of phosphoric acid groups is 3. The van der Waals surface area contributed by atoms with E-state index in [0.717, 1.165) is 41.2 Å². The highest BCUT2D eigenvalue weighted by molar-refractivity contribution is 8.14. The number of pyridine rings is 3. The monoisotopic (exact) mass is 1590 g/mol. The summed E-state index contributed by atoms with van der Waals surface area (Å²) >= 11 is 8.10. The molecule has 0 bridgehead atoms. The van der Waals surface area contributed by atoms with Crippen molar-refractivity contribution in [1.82, 2.24) is 0 Å². The Bertz CT molecular complexity index is 3950. The molecular formula is C68H88ClF2N3O26P3S2+3. The van der Waals surface area contributed by atoms with Gasteiger partial charge in [-0.1, -0.05) is 88.8 Å². The molecule has 6 N–H and O–H groups in total. The normalized spacial score (nSPS) is 28.4. The first-order valence-electron chi connectivity index (χ1n) is 33.2. The number of hydrogen-bond acceptors (Lipinski definition) is 28. The quantitative estimate of drug-likeness (QED) is 0.0138. The van der Waals surface area contributed by atoms with E-state index in [1.807, 2.05) is 6.07 Å². The van der Waals surface area contributed by atoms with Crippen molar-refractivity contribution < 1.29 is 146 Å². The number of phosphoric ester groups is 3. The highest BCUT2D eigenvalue weighted by Crippen LogP contribution is 2.59. The molecule has 0 amide bonds. The van der Waals surface area contributed by atoms with Crippen LogP contribution in [0.15, 0.2) is 116 Å². The van der Waals surface area contributed by atoms with Crippen LogP contribution in [-0.4, -0.2) is 171 Å². The maximum absolute atomic E-state index is 13.5. The Labute approximate surface area is 618 Å². The predicted molar refractivity (Wildman–Crippen MR) is 371 cm³/mol. The number of Topliss-reactive ketones (excluding diaryl/α,β-unsaturated/α-hetero) is 3. The fourth-order valence-electron chi connectivity index (χ4n) is 10.6. The molecule has 16 atom stereocenters. The Morgan fingerprint density at radius 2 is 0.905 bits per heavy atom. The smallest absolute Gasteiger partial charge is 0.387 e. The van der Waals surface area contributed by atoms with Crippen LogP contribution in [0.5, 0.6) is 0 Å². The number of nitrogens with zero attached hydrogens (tertiary/aromatic N) is 3. The molecule has 5 unspecified atom stereocenters. The van der Waals surface area contributed by atoms with Crippen molar-refractivity contribution in [1.29, 1.82) is 0 Å². The number of thioether (sulfide) groups is 2. The van der Waals surface area contributed by atoms with E-state index in [-0.39, 0.29) is 84.1 Å². The minimum absolute atomic E-state index is 0.0485. The number of aromatic nitrogens is 3. The summed E-state index contributed by atoms with van der Waals surface area (Å²) < 4.78 is 136. The van der Waals surface area contributed by atoms with Crippen LogP contribution in [0, 0.1) is 22.5 Å². The third-order valence-electron chi connectivity index (χ3n) is 16.4. The van der Waals surface area contributed by atoms with Crippen molar-refractivity contribution in [2.45, 2.75) is 161 Å². The second-order valence-electron chi connectivity index (χ2n) is 26.8. The van der Waals surface area contributed by atoms with Gasteiger partial charge in [0.2, 0.25) is 0 Å². The van der Waals surface area contributed by atoms with Gasteiger partial charge in [0.05, 0.1) is 75.1 Å². The molecule has 576 valence electrons. The molecule has 2 aromatic carbocycles. The van der Waals surface area contributed by atoms with Gasteiger partial charge >= 0.3 is 23.5 Å². The van der Waals surface area contributed by atoms with Gasteiger partial charge in [-0.2, -0.15) is 13.7 Å². The average molecular weight is 1590 g/mol. The molecular weight excluding hydrogens is 1510 g/mol. The second kappa shape index (κ2) is 37.6. The Balaban J connectivity index is 0.000000200. The molecule has 0 saturated carbocycles. The average Bonchev–Trinajstić information content (AvgIpc) is 1.61. The van der Waals surface area contributed by atoms with E-state index in [2.05, 4.69) is 0 Å². The van der Waals surface area contributed by atoms with Crippen molar-refractivity contribution in [2.75, 3.05) is 57.8 Å². The van der Waals surface area contributed by atoms with Crippen LogP contribution in [0.4, 0.5) is 8.78 Å². The minimum Gasteiger partial charge on any atom is -0.387 e. The van der Waals surface area contributed by atoms with Crippen LogP contribution in [0.3, 0.4) is 0 Å². The Morgan fingerprint density at radius 1 is 0.533 bits per heavy atom. The molecule has 0 spiro atoms. The molecule has 29 nitrogen and oxygen atoms in total. The SMILES string of the molecule is CC(=O)c1ccc[n+]([C@@H]2O[C@H](COP(=O)(OCCSC(=O)C(C)(C)C)OCCSC(=O)C(C)(C)C)C(O)[C@@H]2O)c1.CC(=O)c1ccc[n+]([C@@H]2O[C@H](COP3(=O)OCC[C@@H](c4cc(F)cc(F)c4)O3)C(O)[C@@H]2O)c1.CC(=O)c1ccc[n+]([C@@H]2O[C@H](COP3(=O)OCC[C@@H](c4cccc(Cl)c4)O3)C(O)[C@@H]2O)c1. The van der Waals surface area contributed by atoms with Crippen LogP contribution in [-0.2, 0) is 78.2 Å². The molecule has 10 rings (SSSR count). The number of benzene rings is 2. The number of halogens is 3. The molecule has 8 heterocycles. The van der Waals surface area contributed by atoms with Gasteiger partial charge in [-0.3, -0.25) is 64.7 Å². The molecule has 0 aliphatic carbocycles. The first-order chi connectivity index (χ1) is 49.3. The zero-order chi connectivity index (χ0) is 76.9. The summed E-state index contributed by atoms with van der Waals surface area (Å²) in [6.07, 6.45) is -5.81. The highest BCUT2D eigenvalue weighted by Gasteiger charge is 2.53. The number of rotatable bonds is 25. The largest absolute Gasteiger partial charge is 0.475 e. The maximum atomic E-state index is 13.5. The van der Waals surface area contributed by atoms with E-state index in [1.54, 1.807) is 115 Å². The molecule has 5 saturated heterocycles. The molecule has 5 aliphatic heterocycles. The first-order valence-corrected chi connectivity index (χ1v) is 39.9. The second-order valence-corrected chi connectivity index (χ2v) is 34.3. The fraction of sp³-hybridized carbons (Fsp3) is 0.529. The Hall–Kier alpha value is -4.94. The summed E-state index contributed by atoms with van der Waals surface area (Å²) in [5.41, 5.74) is 1.01. The number of ketones is 3. The lowest BCUT2D eigenvalue weighted by molar-refractivity contribution is -0.766.